The molecule has 0 N–H and O–H groups in total. The number of ketones is 1. The molecular weight excluding hydrogens is 405 g/mol. The van der Waals surface area contributed by atoms with Crippen molar-refractivity contribution in [2.45, 2.75) is 46.0 Å². The molecule has 0 fully saturated rings. The Labute approximate surface area is 181 Å². The zero-order valence-corrected chi connectivity index (χ0v) is 18.3. The summed E-state index contributed by atoms with van der Waals surface area (Å²) in [6, 6.07) is 13.1. The topological polar surface area (TPSA) is 37.4 Å². The minimum absolute atomic E-state index is 0.0193. The maximum atomic E-state index is 13.3. The molecule has 2 aromatic rings. The van der Waals surface area contributed by atoms with Crippen LogP contribution in [0.15, 0.2) is 53.7 Å². The summed E-state index contributed by atoms with van der Waals surface area (Å²) in [6.07, 6.45) is 1.33. The molecule has 29 heavy (non-hydrogen) atoms. The normalized spacial score (nSPS) is 21.4. The second-order valence-electron chi connectivity index (χ2n) is 8.79. The summed E-state index contributed by atoms with van der Waals surface area (Å²) in [5.74, 6) is -0.265. The van der Waals surface area contributed by atoms with Gasteiger partial charge in [-0.15, -0.1) is 0 Å². The molecule has 2 aromatic carbocycles. The lowest BCUT2D eigenvalue weighted by Crippen LogP contribution is -2.43. The molecule has 0 saturated carbocycles. The van der Waals surface area contributed by atoms with E-state index in [9.17, 15) is 9.59 Å². The summed E-state index contributed by atoms with van der Waals surface area (Å²) in [7, 11) is 0. The average Bonchev–Trinajstić information content (AvgIpc) is 2.61. The molecule has 0 radical (unpaired) electrons. The van der Waals surface area contributed by atoms with Crippen molar-refractivity contribution >= 4 is 40.6 Å². The SMILES string of the molecule is Cc1ccc(N2C(=O)C[C@H](c3ccc(Cl)cc3Cl)C3=C2CC(C)(C)CC3=O)cc1. The molecular formula is C24H23Cl2NO2. The van der Waals surface area contributed by atoms with E-state index in [1.54, 1.807) is 17.0 Å². The summed E-state index contributed by atoms with van der Waals surface area (Å²) in [5, 5.41) is 1.02. The quantitative estimate of drug-likeness (QED) is 0.550. The van der Waals surface area contributed by atoms with Gasteiger partial charge in [0.1, 0.15) is 0 Å². The highest BCUT2D eigenvalue weighted by Crippen LogP contribution is 2.49. The lowest BCUT2D eigenvalue weighted by molar-refractivity contribution is -0.121. The fourth-order valence-corrected chi connectivity index (χ4v) is 5.00. The fraction of sp³-hybridized carbons (Fsp3) is 0.333. The Balaban J connectivity index is 1.91. The van der Waals surface area contributed by atoms with Crippen LogP contribution in [0.25, 0.3) is 0 Å². The number of carbonyl (C=O) groups excluding carboxylic acids is 2. The number of nitrogens with zero attached hydrogens (tertiary/aromatic N) is 1. The Hall–Kier alpha value is -2.10. The number of rotatable bonds is 2. The maximum Gasteiger partial charge on any atom is 0.232 e. The third kappa shape index (κ3) is 3.74. The molecule has 1 aliphatic carbocycles. The van der Waals surface area contributed by atoms with E-state index in [2.05, 4.69) is 13.8 Å². The molecule has 150 valence electrons. The van der Waals surface area contributed by atoms with Crippen LogP contribution in [-0.2, 0) is 9.59 Å². The highest BCUT2D eigenvalue weighted by Gasteiger charge is 2.44. The predicted octanol–water partition coefficient (Wildman–Crippen LogP) is 6.47. The number of anilines is 1. The Bertz CT molecular complexity index is 1040. The zero-order valence-electron chi connectivity index (χ0n) is 16.8. The van der Waals surface area contributed by atoms with Crippen molar-refractivity contribution in [2.75, 3.05) is 4.90 Å². The van der Waals surface area contributed by atoms with Gasteiger partial charge < -0.3 is 0 Å². The van der Waals surface area contributed by atoms with E-state index >= 15 is 0 Å². The van der Waals surface area contributed by atoms with Crippen LogP contribution in [0.2, 0.25) is 10.0 Å². The molecule has 1 aliphatic heterocycles. The van der Waals surface area contributed by atoms with Gasteiger partial charge in [0.15, 0.2) is 5.78 Å². The third-order valence-electron chi connectivity index (χ3n) is 5.77. The standard InChI is InChI=1S/C24H23Cl2NO2/c1-14-4-7-16(8-5-14)27-20-12-24(2,3)13-21(28)23(20)18(11-22(27)29)17-9-6-15(25)10-19(17)26/h4-10,18H,11-13H2,1-3H3/t18-/m1/s1. The van der Waals surface area contributed by atoms with Crippen LogP contribution in [0.5, 0.6) is 0 Å². The largest absolute Gasteiger partial charge is 0.294 e. The van der Waals surface area contributed by atoms with Crippen LogP contribution in [0, 0.1) is 12.3 Å². The highest BCUT2D eigenvalue weighted by atomic mass is 35.5. The number of hydrogen-bond acceptors (Lipinski definition) is 2. The van der Waals surface area contributed by atoms with Gasteiger partial charge in [-0.3, -0.25) is 14.5 Å². The molecule has 4 rings (SSSR count). The third-order valence-corrected chi connectivity index (χ3v) is 6.34. The second-order valence-corrected chi connectivity index (χ2v) is 9.63. The lowest BCUT2D eigenvalue weighted by Gasteiger charge is -2.43. The van der Waals surface area contributed by atoms with Crippen molar-refractivity contribution in [1.29, 1.82) is 0 Å². The van der Waals surface area contributed by atoms with Crippen molar-refractivity contribution in [1.82, 2.24) is 0 Å². The van der Waals surface area contributed by atoms with Crippen LogP contribution in [0.3, 0.4) is 0 Å². The number of amides is 1. The minimum atomic E-state index is -0.340. The first kappa shape index (κ1) is 20.2. The number of aryl methyl sites for hydroxylation is 1. The van der Waals surface area contributed by atoms with Gasteiger partial charge >= 0.3 is 0 Å². The molecule has 5 heteroatoms. The molecule has 1 amide bonds. The van der Waals surface area contributed by atoms with Gasteiger partial charge in [-0.05, 0) is 48.6 Å². The maximum absolute atomic E-state index is 13.3. The van der Waals surface area contributed by atoms with E-state index in [1.165, 1.54) is 0 Å². The van der Waals surface area contributed by atoms with Crippen LogP contribution in [0.1, 0.15) is 50.2 Å². The predicted molar refractivity (Wildman–Crippen MR) is 118 cm³/mol. The van der Waals surface area contributed by atoms with Gasteiger partial charge in [0.05, 0.1) is 0 Å². The van der Waals surface area contributed by atoms with E-state index in [4.69, 9.17) is 23.2 Å². The first-order chi connectivity index (χ1) is 13.7. The summed E-state index contributed by atoms with van der Waals surface area (Å²) in [4.78, 5) is 28.3. The molecule has 3 nitrogen and oxygen atoms in total. The van der Waals surface area contributed by atoms with Crippen molar-refractivity contribution < 1.29 is 9.59 Å². The zero-order chi connectivity index (χ0) is 20.9. The number of hydrogen-bond donors (Lipinski definition) is 0. The fourth-order valence-electron chi connectivity index (χ4n) is 4.46. The molecule has 1 heterocycles. The molecule has 0 bridgehead atoms. The van der Waals surface area contributed by atoms with E-state index in [-0.39, 0.29) is 29.4 Å². The molecule has 0 unspecified atom stereocenters. The molecule has 0 spiro atoms. The van der Waals surface area contributed by atoms with E-state index < -0.39 is 0 Å². The summed E-state index contributed by atoms with van der Waals surface area (Å²) in [5.41, 5.74) is 4.03. The minimum Gasteiger partial charge on any atom is -0.294 e. The van der Waals surface area contributed by atoms with Gasteiger partial charge in [0.25, 0.3) is 0 Å². The van der Waals surface area contributed by atoms with Crippen LogP contribution in [0.4, 0.5) is 5.69 Å². The first-order valence-electron chi connectivity index (χ1n) is 9.77. The molecule has 2 aliphatic rings. The van der Waals surface area contributed by atoms with E-state index in [0.717, 1.165) is 22.5 Å². The van der Waals surface area contributed by atoms with Crippen LogP contribution >= 0.6 is 23.2 Å². The summed E-state index contributed by atoms with van der Waals surface area (Å²) >= 11 is 12.5. The Morgan fingerprint density at radius 2 is 1.69 bits per heavy atom. The van der Waals surface area contributed by atoms with Crippen molar-refractivity contribution in [3.05, 3.63) is 74.9 Å². The van der Waals surface area contributed by atoms with Gasteiger partial charge in [-0.25, -0.2) is 0 Å². The lowest BCUT2D eigenvalue weighted by atomic mass is 9.69. The molecule has 0 aromatic heterocycles. The van der Waals surface area contributed by atoms with Crippen LogP contribution in [-0.4, -0.2) is 11.7 Å². The first-order valence-corrected chi connectivity index (χ1v) is 10.5. The van der Waals surface area contributed by atoms with Crippen molar-refractivity contribution in [2.24, 2.45) is 5.41 Å². The van der Waals surface area contributed by atoms with Crippen molar-refractivity contribution in [3.8, 4) is 0 Å². The second kappa shape index (κ2) is 7.30. The monoisotopic (exact) mass is 427 g/mol. The van der Waals surface area contributed by atoms with Gasteiger partial charge in [0.2, 0.25) is 5.91 Å². The summed E-state index contributed by atoms with van der Waals surface area (Å²) in [6.45, 7) is 6.16. The van der Waals surface area contributed by atoms with Crippen LogP contribution < -0.4 is 4.90 Å². The Morgan fingerprint density at radius 3 is 2.34 bits per heavy atom. The Kier molecular flexibility index (Phi) is 5.08. The smallest absolute Gasteiger partial charge is 0.232 e. The van der Waals surface area contributed by atoms with E-state index in [0.29, 0.717) is 28.5 Å². The molecule has 1 atom stereocenters. The number of carbonyl (C=O) groups is 2. The Morgan fingerprint density at radius 1 is 1.00 bits per heavy atom. The van der Waals surface area contributed by atoms with Gasteiger partial charge in [0, 0.05) is 45.8 Å². The van der Waals surface area contributed by atoms with Crippen molar-refractivity contribution in [3.63, 3.8) is 0 Å². The summed E-state index contributed by atoms with van der Waals surface area (Å²) < 4.78 is 0. The average molecular weight is 428 g/mol. The molecule has 0 saturated heterocycles. The van der Waals surface area contributed by atoms with E-state index in [1.807, 2.05) is 37.3 Å². The van der Waals surface area contributed by atoms with Gasteiger partial charge in [-0.1, -0.05) is 60.8 Å². The number of Topliss-reactive ketones (excluding diaryl/α,β-unsaturated/α-hetero) is 1. The number of halogens is 2. The number of benzene rings is 2. The number of allylic oxidation sites excluding steroid dienone is 2. The van der Waals surface area contributed by atoms with Gasteiger partial charge in [-0.2, -0.15) is 0 Å². The highest BCUT2D eigenvalue weighted by molar-refractivity contribution is 6.35.